The summed E-state index contributed by atoms with van der Waals surface area (Å²) >= 11 is 1.71. The van der Waals surface area contributed by atoms with Crippen LogP contribution in [0, 0.1) is 12.8 Å². The van der Waals surface area contributed by atoms with E-state index in [0.717, 1.165) is 23.8 Å². The Labute approximate surface area is 114 Å². The van der Waals surface area contributed by atoms with Gasteiger partial charge in [0.25, 0.3) is 0 Å². The first kappa shape index (κ1) is 15.4. The highest BCUT2D eigenvalue weighted by atomic mass is 32.1. The third kappa shape index (κ3) is 4.55. The van der Waals surface area contributed by atoms with E-state index < -0.39 is 0 Å². The van der Waals surface area contributed by atoms with E-state index in [4.69, 9.17) is 0 Å². The maximum Gasteiger partial charge on any atom is 0.185 e. The van der Waals surface area contributed by atoms with E-state index in [-0.39, 0.29) is 12.6 Å². The first-order valence-electron chi connectivity index (χ1n) is 6.41. The van der Waals surface area contributed by atoms with Gasteiger partial charge >= 0.3 is 0 Å². The van der Waals surface area contributed by atoms with E-state index in [9.17, 15) is 5.11 Å². The Morgan fingerprint density at radius 3 is 2.50 bits per heavy atom. The van der Waals surface area contributed by atoms with Crippen LogP contribution in [0.5, 0.6) is 0 Å². The van der Waals surface area contributed by atoms with Gasteiger partial charge in [0.2, 0.25) is 0 Å². The standard InChI is InChI=1S/C13H25N3OS/c1-9(2)6-11(8-17)14-7-12-10(3)15-13(18-12)16(4)5/h9,11,14,17H,6-8H2,1-5H3. The minimum Gasteiger partial charge on any atom is -0.395 e. The monoisotopic (exact) mass is 271 g/mol. The number of nitrogens with one attached hydrogen (secondary N) is 1. The van der Waals surface area contributed by atoms with Crippen LogP contribution in [0.4, 0.5) is 5.13 Å². The van der Waals surface area contributed by atoms with Crippen LogP contribution in [-0.2, 0) is 6.54 Å². The van der Waals surface area contributed by atoms with Gasteiger partial charge in [0.1, 0.15) is 0 Å². The molecule has 0 bridgehead atoms. The average Bonchev–Trinajstić information content (AvgIpc) is 2.66. The van der Waals surface area contributed by atoms with Crippen molar-refractivity contribution in [3.05, 3.63) is 10.6 Å². The molecule has 0 radical (unpaired) electrons. The molecule has 18 heavy (non-hydrogen) atoms. The SMILES string of the molecule is Cc1nc(N(C)C)sc1CNC(CO)CC(C)C. The third-order valence-electron chi connectivity index (χ3n) is 2.79. The Bertz CT molecular complexity index is 363. The molecule has 104 valence electrons. The van der Waals surface area contributed by atoms with Crippen LogP contribution in [0.3, 0.4) is 0 Å². The topological polar surface area (TPSA) is 48.4 Å². The Balaban J connectivity index is 2.56. The van der Waals surface area contributed by atoms with Gasteiger partial charge in [0.15, 0.2) is 5.13 Å². The van der Waals surface area contributed by atoms with Crippen molar-refractivity contribution >= 4 is 16.5 Å². The molecule has 1 aromatic heterocycles. The van der Waals surface area contributed by atoms with Crippen LogP contribution in [0.1, 0.15) is 30.8 Å². The zero-order chi connectivity index (χ0) is 13.7. The molecule has 1 rings (SSSR count). The predicted molar refractivity (Wildman–Crippen MR) is 78.3 cm³/mol. The quantitative estimate of drug-likeness (QED) is 0.796. The summed E-state index contributed by atoms with van der Waals surface area (Å²) in [5, 5.41) is 13.8. The van der Waals surface area contributed by atoms with E-state index in [1.54, 1.807) is 11.3 Å². The second kappa shape index (κ2) is 7.07. The molecule has 0 aliphatic heterocycles. The van der Waals surface area contributed by atoms with Crippen LogP contribution in [-0.4, -0.2) is 36.8 Å². The Morgan fingerprint density at radius 1 is 1.39 bits per heavy atom. The highest BCUT2D eigenvalue weighted by molar-refractivity contribution is 7.15. The number of hydrogen-bond donors (Lipinski definition) is 2. The largest absolute Gasteiger partial charge is 0.395 e. The minimum atomic E-state index is 0.175. The van der Waals surface area contributed by atoms with Crippen LogP contribution in [0.2, 0.25) is 0 Å². The average molecular weight is 271 g/mol. The second-order valence-electron chi connectivity index (χ2n) is 5.29. The maximum atomic E-state index is 9.33. The lowest BCUT2D eigenvalue weighted by Gasteiger charge is -2.17. The number of aliphatic hydroxyl groups is 1. The maximum absolute atomic E-state index is 9.33. The van der Waals surface area contributed by atoms with Crippen LogP contribution in [0.25, 0.3) is 0 Å². The van der Waals surface area contributed by atoms with E-state index in [1.807, 2.05) is 25.9 Å². The molecule has 5 heteroatoms. The Morgan fingerprint density at radius 2 is 2.06 bits per heavy atom. The van der Waals surface area contributed by atoms with E-state index in [2.05, 4.69) is 24.1 Å². The number of aryl methyl sites for hydroxylation is 1. The van der Waals surface area contributed by atoms with Crippen LogP contribution < -0.4 is 10.2 Å². The fourth-order valence-electron chi connectivity index (χ4n) is 1.80. The minimum absolute atomic E-state index is 0.175. The molecular formula is C13H25N3OS. The molecule has 0 aliphatic carbocycles. The number of rotatable bonds is 7. The van der Waals surface area contributed by atoms with Gasteiger partial charge in [-0.15, -0.1) is 11.3 Å². The van der Waals surface area contributed by atoms with Gasteiger partial charge in [-0.2, -0.15) is 0 Å². The molecular weight excluding hydrogens is 246 g/mol. The molecule has 1 aromatic rings. The van der Waals surface area contributed by atoms with Gasteiger partial charge in [-0.25, -0.2) is 4.98 Å². The number of aliphatic hydroxyl groups excluding tert-OH is 1. The van der Waals surface area contributed by atoms with Crippen LogP contribution >= 0.6 is 11.3 Å². The van der Waals surface area contributed by atoms with Gasteiger partial charge in [-0.1, -0.05) is 13.8 Å². The molecule has 0 amide bonds. The number of thiazole rings is 1. The summed E-state index contributed by atoms with van der Waals surface area (Å²) in [5.41, 5.74) is 1.08. The molecule has 0 aliphatic rings. The van der Waals surface area contributed by atoms with Crippen molar-refractivity contribution in [2.75, 3.05) is 25.6 Å². The molecule has 2 N–H and O–H groups in total. The summed E-state index contributed by atoms with van der Waals surface area (Å²) in [6.07, 6.45) is 0.995. The molecule has 1 unspecified atom stereocenters. The van der Waals surface area contributed by atoms with Crippen molar-refractivity contribution < 1.29 is 5.11 Å². The van der Waals surface area contributed by atoms with Gasteiger partial charge in [0.05, 0.1) is 12.3 Å². The fourth-order valence-corrected chi connectivity index (χ4v) is 2.73. The van der Waals surface area contributed by atoms with E-state index in [1.165, 1.54) is 4.88 Å². The van der Waals surface area contributed by atoms with Crippen molar-refractivity contribution in [3.63, 3.8) is 0 Å². The van der Waals surface area contributed by atoms with Gasteiger partial charge in [0, 0.05) is 31.6 Å². The van der Waals surface area contributed by atoms with Crippen LogP contribution in [0.15, 0.2) is 0 Å². The van der Waals surface area contributed by atoms with Gasteiger partial charge in [-0.3, -0.25) is 0 Å². The molecule has 0 saturated carbocycles. The first-order chi connectivity index (χ1) is 8.43. The number of anilines is 1. The van der Waals surface area contributed by atoms with Crippen molar-refractivity contribution in [2.45, 2.75) is 39.8 Å². The third-order valence-corrected chi connectivity index (χ3v) is 4.12. The zero-order valence-corrected chi connectivity index (χ0v) is 12.8. The summed E-state index contributed by atoms with van der Waals surface area (Å²) in [4.78, 5) is 7.79. The normalized spacial score (nSPS) is 13.1. The smallest absolute Gasteiger partial charge is 0.185 e. The Hall–Kier alpha value is -0.650. The van der Waals surface area contributed by atoms with Gasteiger partial charge < -0.3 is 15.3 Å². The highest BCUT2D eigenvalue weighted by Gasteiger charge is 2.12. The Kier molecular flexibility index (Phi) is 6.05. The lowest BCUT2D eigenvalue weighted by Crippen LogP contribution is -2.33. The molecule has 0 fully saturated rings. The predicted octanol–water partition coefficient (Wildman–Crippen LogP) is 2.01. The summed E-state index contributed by atoms with van der Waals surface area (Å²) in [7, 11) is 4.01. The molecule has 0 saturated heterocycles. The van der Waals surface area contributed by atoms with Crippen molar-refractivity contribution in [2.24, 2.45) is 5.92 Å². The second-order valence-corrected chi connectivity index (χ2v) is 6.35. The van der Waals surface area contributed by atoms with E-state index in [0.29, 0.717) is 5.92 Å². The van der Waals surface area contributed by atoms with E-state index >= 15 is 0 Å². The lowest BCUT2D eigenvalue weighted by molar-refractivity contribution is 0.224. The van der Waals surface area contributed by atoms with Crippen molar-refractivity contribution in [1.82, 2.24) is 10.3 Å². The lowest BCUT2D eigenvalue weighted by atomic mass is 10.0. The number of aromatic nitrogens is 1. The fraction of sp³-hybridized carbons (Fsp3) is 0.769. The summed E-state index contributed by atoms with van der Waals surface area (Å²) in [5.74, 6) is 0.592. The number of nitrogens with zero attached hydrogens (tertiary/aromatic N) is 2. The molecule has 0 spiro atoms. The molecule has 4 nitrogen and oxygen atoms in total. The summed E-state index contributed by atoms with van der Waals surface area (Å²) < 4.78 is 0. The molecule has 1 heterocycles. The summed E-state index contributed by atoms with van der Waals surface area (Å²) in [6, 6.07) is 0.175. The number of hydrogen-bond acceptors (Lipinski definition) is 5. The van der Waals surface area contributed by atoms with Crippen molar-refractivity contribution in [1.29, 1.82) is 0 Å². The highest BCUT2D eigenvalue weighted by Crippen LogP contribution is 2.24. The first-order valence-corrected chi connectivity index (χ1v) is 7.23. The van der Waals surface area contributed by atoms with Crippen molar-refractivity contribution in [3.8, 4) is 0 Å². The molecule has 1 atom stereocenters. The summed E-state index contributed by atoms with van der Waals surface area (Å²) in [6.45, 7) is 7.36. The van der Waals surface area contributed by atoms with Gasteiger partial charge in [-0.05, 0) is 19.3 Å². The molecule has 0 aromatic carbocycles. The zero-order valence-electron chi connectivity index (χ0n) is 12.0.